The van der Waals surface area contributed by atoms with Crippen molar-refractivity contribution in [2.45, 2.75) is 13.0 Å². The second-order valence-corrected chi connectivity index (χ2v) is 8.03. The first-order valence-electron chi connectivity index (χ1n) is 10.2. The normalized spacial score (nSPS) is 17.3. The van der Waals surface area contributed by atoms with Crippen molar-refractivity contribution in [1.29, 1.82) is 0 Å². The van der Waals surface area contributed by atoms with Crippen molar-refractivity contribution in [1.82, 2.24) is 0 Å². The van der Waals surface area contributed by atoms with Gasteiger partial charge in [0.15, 0.2) is 0 Å². The molecule has 1 unspecified atom stereocenters. The molecular weight excluding hydrogens is 442 g/mol. The number of nitrogens with zero attached hydrogens (tertiary/aromatic N) is 1. The van der Waals surface area contributed by atoms with Crippen LogP contribution in [-0.4, -0.2) is 31.0 Å². The van der Waals surface area contributed by atoms with Crippen LogP contribution >= 0.6 is 11.6 Å². The van der Waals surface area contributed by atoms with E-state index >= 15 is 0 Å². The predicted octanol–water partition coefficient (Wildman–Crippen LogP) is 5.29. The Morgan fingerprint density at radius 2 is 1.61 bits per heavy atom. The number of benzene rings is 3. The number of carbonyl (C=O) groups excluding carboxylic acids is 2. The van der Waals surface area contributed by atoms with Crippen molar-refractivity contribution in [2.24, 2.45) is 0 Å². The van der Waals surface area contributed by atoms with Gasteiger partial charge in [0.25, 0.3) is 11.7 Å². The first-order chi connectivity index (χ1) is 15.8. The van der Waals surface area contributed by atoms with E-state index in [9.17, 15) is 14.7 Å². The molecule has 0 aromatic heterocycles. The van der Waals surface area contributed by atoms with Crippen LogP contribution in [0.25, 0.3) is 5.76 Å². The molecule has 0 radical (unpaired) electrons. The SMILES string of the molecule is COc1ccc(C2/C(=C(\O)c3cc(OC)ccc3Cl)C(=O)C(=O)N2c2cccc(C)c2)cc1. The Hall–Kier alpha value is -3.77. The van der Waals surface area contributed by atoms with E-state index in [4.69, 9.17) is 21.1 Å². The second kappa shape index (κ2) is 9.00. The number of hydrogen-bond acceptors (Lipinski definition) is 5. The molecule has 1 aliphatic heterocycles. The summed E-state index contributed by atoms with van der Waals surface area (Å²) in [5.74, 6) is -0.819. The predicted molar refractivity (Wildman–Crippen MR) is 127 cm³/mol. The van der Waals surface area contributed by atoms with Crippen LogP contribution in [0.2, 0.25) is 5.02 Å². The molecule has 1 heterocycles. The van der Waals surface area contributed by atoms with Gasteiger partial charge in [-0.2, -0.15) is 0 Å². The maximum absolute atomic E-state index is 13.3. The van der Waals surface area contributed by atoms with Crippen LogP contribution in [0.3, 0.4) is 0 Å². The van der Waals surface area contributed by atoms with Gasteiger partial charge < -0.3 is 14.6 Å². The van der Waals surface area contributed by atoms with Gasteiger partial charge in [-0.05, 0) is 60.5 Å². The number of methoxy groups -OCH3 is 2. The number of aryl methyl sites for hydroxylation is 1. The first kappa shape index (κ1) is 22.4. The summed E-state index contributed by atoms with van der Waals surface area (Å²) in [6.07, 6.45) is 0. The number of aliphatic hydroxyl groups excluding tert-OH is 1. The fourth-order valence-corrected chi connectivity index (χ4v) is 4.14. The van der Waals surface area contributed by atoms with Gasteiger partial charge in [0.1, 0.15) is 17.3 Å². The van der Waals surface area contributed by atoms with Crippen molar-refractivity contribution < 1.29 is 24.2 Å². The van der Waals surface area contributed by atoms with Crippen LogP contribution in [-0.2, 0) is 9.59 Å². The number of halogens is 1. The number of carbonyl (C=O) groups is 2. The molecule has 4 rings (SSSR count). The monoisotopic (exact) mass is 463 g/mol. The van der Waals surface area contributed by atoms with E-state index in [0.29, 0.717) is 22.7 Å². The molecule has 0 bridgehead atoms. The number of rotatable bonds is 5. The van der Waals surface area contributed by atoms with Crippen molar-refractivity contribution in [2.75, 3.05) is 19.1 Å². The zero-order valence-electron chi connectivity index (χ0n) is 18.3. The van der Waals surface area contributed by atoms with Crippen molar-refractivity contribution in [3.63, 3.8) is 0 Å². The van der Waals surface area contributed by atoms with Gasteiger partial charge in [0.05, 0.1) is 30.9 Å². The minimum Gasteiger partial charge on any atom is -0.507 e. The van der Waals surface area contributed by atoms with Gasteiger partial charge in [-0.3, -0.25) is 14.5 Å². The molecule has 33 heavy (non-hydrogen) atoms. The number of ketones is 1. The number of hydrogen-bond donors (Lipinski definition) is 1. The summed E-state index contributed by atoms with van der Waals surface area (Å²) in [4.78, 5) is 27.9. The van der Waals surface area contributed by atoms with Gasteiger partial charge in [-0.25, -0.2) is 0 Å². The molecular formula is C26H22ClNO5. The zero-order chi connectivity index (χ0) is 23.7. The van der Waals surface area contributed by atoms with Crippen LogP contribution in [0.5, 0.6) is 11.5 Å². The number of aliphatic hydroxyl groups is 1. The van der Waals surface area contributed by atoms with Crippen LogP contribution in [0.1, 0.15) is 22.7 Å². The van der Waals surface area contributed by atoms with Crippen molar-refractivity contribution in [3.8, 4) is 11.5 Å². The quantitative estimate of drug-likeness (QED) is 0.316. The lowest BCUT2D eigenvalue weighted by atomic mass is 9.95. The molecule has 3 aromatic rings. The molecule has 1 atom stereocenters. The van der Waals surface area contributed by atoms with E-state index in [0.717, 1.165) is 5.56 Å². The Balaban J connectivity index is 1.97. The van der Waals surface area contributed by atoms with E-state index in [1.165, 1.54) is 18.1 Å². The third kappa shape index (κ3) is 4.05. The minimum atomic E-state index is -0.861. The molecule has 168 valence electrons. The van der Waals surface area contributed by atoms with Gasteiger partial charge in [-0.1, -0.05) is 35.9 Å². The standard InChI is InChI=1S/C26H22ClNO5/c1-15-5-4-6-17(13-15)28-23(16-7-9-18(32-2)10-8-16)22(25(30)26(28)31)24(29)20-14-19(33-3)11-12-21(20)27/h4-14,23,29H,1-3H3/b24-22+. The van der Waals surface area contributed by atoms with Gasteiger partial charge in [0.2, 0.25) is 0 Å². The highest BCUT2D eigenvalue weighted by Crippen LogP contribution is 2.43. The van der Waals surface area contributed by atoms with Crippen LogP contribution < -0.4 is 14.4 Å². The fraction of sp³-hybridized carbons (Fsp3) is 0.154. The van der Waals surface area contributed by atoms with Crippen LogP contribution in [0.4, 0.5) is 5.69 Å². The van der Waals surface area contributed by atoms with E-state index in [1.54, 1.807) is 49.6 Å². The average molecular weight is 464 g/mol. The van der Waals surface area contributed by atoms with Gasteiger partial charge in [-0.15, -0.1) is 0 Å². The molecule has 1 fully saturated rings. The Bertz CT molecular complexity index is 1270. The highest BCUT2D eigenvalue weighted by Gasteiger charge is 2.47. The lowest BCUT2D eigenvalue weighted by molar-refractivity contribution is -0.132. The van der Waals surface area contributed by atoms with Crippen LogP contribution in [0.15, 0.2) is 72.3 Å². The summed E-state index contributed by atoms with van der Waals surface area (Å²) in [6.45, 7) is 1.90. The van der Waals surface area contributed by atoms with E-state index in [2.05, 4.69) is 0 Å². The molecule has 0 aliphatic carbocycles. The Labute approximate surface area is 196 Å². The Morgan fingerprint density at radius 1 is 0.939 bits per heavy atom. The summed E-state index contributed by atoms with van der Waals surface area (Å²) >= 11 is 6.34. The topological polar surface area (TPSA) is 76.1 Å². The zero-order valence-corrected chi connectivity index (χ0v) is 19.1. The molecule has 6 nitrogen and oxygen atoms in total. The third-order valence-corrected chi connectivity index (χ3v) is 5.91. The molecule has 1 amide bonds. The van der Waals surface area contributed by atoms with E-state index in [-0.39, 0.29) is 21.9 Å². The summed E-state index contributed by atoms with van der Waals surface area (Å²) in [5.41, 5.74) is 2.27. The Morgan fingerprint density at radius 3 is 2.24 bits per heavy atom. The highest BCUT2D eigenvalue weighted by atomic mass is 35.5. The van der Waals surface area contributed by atoms with Gasteiger partial charge in [0, 0.05) is 11.3 Å². The molecule has 3 aromatic carbocycles. The van der Waals surface area contributed by atoms with Crippen LogP contribution in [0, 0.1) is 6.92 Å². The van der Waals surface area contributed by atoms with Crippen molar-refractivity contribution >= 4 is 34.7 Å². The first-order valence-corrected chi connectivity index (χ1v) is 10.6. The molecule has 0 spiro atoms. The van der Waals surface area contributed by atoms with Gasteiger partial charge >= 0.3 is 0 Å². The lowest BCUT2D eigenvalue weighted by Crippen LogP contribution is -2.29. The minimum absolute atomic E-state index is 0.0539. The number of anilines is 1. The molecule has 1 saturated heterocycles. The molecule has 0 saturated carbocycles. The fourth-order valence-electron chi connectivity index (χ4n) is 3.94. The smallest absolute Gasteiger partial charge is 0.300 e. The number of ether oxygens (including phenoxy) is 2. The summed E-state index contributed by atoms with van der Waals surface area (Å²) in [6, 6.07) is 18.2. The lowest BCUT2D eigenvalue weighted by Gasteiger charge is -2.26. The van der Waals surface area contributed by atoms with E-state index in [1.807, 2.05) is 25.1 Å². The van der Waals surface area contributed by atoms with E-state index < -0.39 is 17.7 Å². The largest absolute Gasteiger partial charge is 0.507 e. The molecule has 1 aliphatic rings. The van der Waals surface area contributed by atoms with Crippen molar-refractivity contribution in [3.05, 3.63) is 94.0 Å². The maximum atomic E-state index is 13.3. The number of amides is 1. The number of Topliss-reactive ketones (excluding diaryl/α,β-unsaturated/α-hetero) is 1. The summed E-state index contributed by atoms with van der Waals surface area (Å²) in [7, 11) is 3.04. The maximum Gasteiger partial charge on any atom is 0.300 e. The molecule has 7 heteroatoms. The second-order valence-electron chi connectivity index (χ2n) is 7.63. The Kier molecular flexibility index (Phi) is 6.11. The summed E-state index contributed by atoms with van der Waals surface area (Å²) < 4.78 is 10.5. The third-order valence-electron chi connectivity index (χ3n) is 5.58. The summed E-state index contributed by atoms with van der Waals surface area (Å²) in [5, 5.41) is 11.5. The average Bonchev–Trinajstić information content (AvgIpc) is 3.09. The molecule has 1 N–H and O–H groups in total. The highest BCUT2D eigenvalue weighted by molar-refractivity contribution is 6.52.